The molecule has 0 saturated carbocycles. The highest BCUT2D eigenvalue weighted by molar-refractivity contribution is 5.94. The van der Waals surface area contributed by atoms with Gasteiger partial charge in [-0.1, -0.05) is 12.1 Å². The fourth-order valence-electron chi connectivity index (χ4n) is 3.04. The maximum absolute atomic E-state index is 13.2. The van der Waals surface area contributed by atoms with Gasteiger partial charge in [-0.25, -0.2) is 9.18 Å². The van der Waals surface area contributed by atoms with Gasteiger partial charge < -0.3 is 29.5 Å². The van der Waals surface area contributed by atoms with Crippen LogP contribution in [0.4, 0.5) is 4.39 Å². The van der Waals surface area contributed by atoms with E-state index < -0.39 is 49.1 Å². The molecular weight excluding hydrogens is 423 g/mol. The standard InChI is InChI=1S/C23H23FO8/c1-13(25)15-6-8-17(9-7-15)31-23-22(29)21(28)20(27)18(32-23)12-30-19(26)10-5-14-3-2-4-16(24)11-14/h2-11,18,20-23,27-29H,12H2,1H3/b10-5+/t18-,20-,21+,22-,23-/m1/s1. The van der Waals surface area contributed by atoms with Crippen LogP contribution in [0.2, 0.25) is 0 Å². The topological polar surface area (TPSA) is 123 Å². The molecule has 3 rings (SSSR count). The van der Waals surface area contributed by atoms with Crippen molar-refractivity contribution < 1.29 is 43.5 Å². The van der Waals surface area contributed by atoms with E-state index in [0.29, 0.717) is 11.1 Å². The van der Waals surface area contributed by atoms with Gasteiger partial charge in [-0.15, -0.1) is 0 Å². The van der Waals surface area contributed by atoms with E-state index in [4.69, 9.17) is 14.2 Å². The van der Waals surface area contributed by atoms with Crippen molar-refractivity contribution in [2.45, 2.75) is 37.6 Å². The summed E-state index contributed by atoms with van der Waals surface area (Å²) in [7, 11) is 0. The molecule has 0 radical (unpaired) electrons. The fourth-order valence-corrected chi connectivity index (χ4v) is 3.04. The van der Waals surface area contributed by atoms with Crippen LogP contribution in [0.15, 0.2) is 54.6 Å². The Hall–Kier alpha value is -3.11. The van der Waals surface area contributed by atoms with Crippen molar-refractivity contribution in [3.63, 3.8) is 0 Å². The van der Waals surface area contributed by atoms with Crippen molar-refractivity contribution in [2.75, 3.05) is 6.61 Å². The number of benzene rings is 2. The van der Waals surface area contributed by atoms with Gasteiger partial charge in [0.1, 0.15) is 42.6 Å². The zero-order valence-corrected chi connectivity index (χ0v) is 17.1. The summed E-state index contributed by atoms with van der Waals surface area (Å²) in [6.45, 7) is 0.987. The molecule has 1 aliphatic rings. The zero-order chi connectivity index (χ0) is 23.3. The molecular formula is C23H23FO8. The zero-order valence-electron chi connectivity index (χ0n) is 17.1. The highest BCUT2D eigenvalue weighted by atomic mass is 19.1. The number of ketones is 1. The summed E-state index contributed by atoms with van der Waals surface area (Å²) in [4.78, 5) is 23.3. The maximum atomic E-state index is 13.2. The van der Waals surface area contributed by atoms with Crippen LogP contribution in [0.5, 0.6) is 5.75 Å². The highest BCUT2D eigenvalue weighted by Crippen LogP contribution is 2.25. The lowest BCUT2D eigenvalue weighted by atomic mass is 9.99. The van der Waals surface area contributed by atoms with E-state index in [1.807, 2.05) is 0 Å². The predicted octanol–water partition coefficient (Wildman–Crippen LogP) is 1.47. The Labute approximate surface area is 183 Å². The van der Waals surface area contributed by atoms with Gasteiger partial charge >= 0.3 is 5.97 Å². The number of halogens is 1. The molecule has 0 aliphatic carbocycles. The number of aliphatic hydroxyl groups excluding tert-OH is 3. The molecule has 8 nitrogen and oxygen atoms in total. The largest absolute Gasteiger partial charge is 0.462 e. The van der Waals surface area contributed by atoms with Crippen LogP contribution in [0, 0.1) is 5.82 Å². The van der Waals surface area contributed by atoms with Crippen LogP contribution in [-0.2, 0) is 14.3 Å². The number of carbonyl (C=O) groups is 2. The molecule has 32 heavy (non-hydrogen) atoms. The lowest BCUT2D eigenvalue weighted by molar-refractivity contribution is -0.278. The summed E-state index contributed by atoms with van der Waals surface area (Å²) in [5.74, 6) is -1.09. The molecule has 0 unspecified atom stereocenters. The minimum atomic E-state index is -1.61. The normalized spacial score (nSPS) is 25.5. The molecule has 0 amide bonds. The molecule has 3 N–H and O–H groups in total. The molecule has 1 fully saturated rings. The number of aliphatic hydroxyl groups is 3. The molecule has 170 valence electrons. The van der Waals surface area contributed by atoms with E-state index >= 15 is 0 Å². The highest BCUT2D eigenvalue weighted by Gasteiger charge is 2.45. The smallest absolute Gasteiger partial charge is 0.330 e. The average molecular weight is 446 g/mol. The third-order valence-electron chi connectivity index (χ3n) is 4.83. The van der Waals surface area contributed by atoms with Crippen molar-refractivity contribution in [1.82, 2.24) is 0 Å². The monoisotopic (exact) mass is 446 g/mol. The van der Waals surface area contributed by atoms with E-state index in [-0.39, 0.29) is 11.5 Å². The number of esters is 1. The summed E-state index contributed by atoms with van der Waals surface area (Å²) in [6, 6.07) is 11.7. The van der Waals surface area contributed by atoms with E-state index in [0.717, 1.165) is 6.08 Å². The third-order valence-corrected chi connectivity index (χ3v) is 4.83. The van der Waals surface area contributed by atoms with Gasteiger partial charge in [-0.2, -0.15) is 0 Å². The van der Waals surface area contributed by atoms with Crippen molar-refractivity contribution in [3.05, 3.63) is 71.6 Å². The van der Waals surface area contributed by atoms with Gasteiger partial charge in [0.15, 0.2) is 5.78 Å². The van der Waals surface area contributed by atoms with Crippen LogP contribution >= 0.6 is 0 Å². The van der Waals surface area contributed by atoms with Crippen LogP contribution in [-0.4, -0.2) is 64.4 Å². The summed E-state index contributed by atoms with van der Waals surface area (Å²) < 4.78 is 29.2. The third kappa shape index (κ3) is 5.98. The number of rotatable bonds is 7. The van der Waals surface area contributed by atoms with Crippen molar-refractivity contribution >= 4 is 17.8 Å². The van der Waals surface area contributed by atoms with Crippen LogP contribution < -0.4 is 4.74 Å². The number of Topliss-reactive ketones (excluding diaryl/α,β-unsaturated/α-hetero) is 1. The Balaban J connectivity index is 1.59. The van der Waals surface area contributed by atoms with E-state index in [1.54, 1.807) is 6.07 Å². The SMILES string of the molecule is CC(=O)c1ccc(O[C@@H]2O[C@H](COC(=O)/C=C/c3cccc(F)c3)[C@@H](O)[C@H](O)[C@H]2O)cc1. The summed E-state index contributed by atoms with van der Waals surface area (Å²) in [5.41, 5.74) is 0.924. The first-order valence-electron chi connectivity index (χ1n) is 9.82. The Morgan fingerprint density at radius 1 is 1.06 bits per heavy atom. The molecule has 2 aromatic carbocycles. The van der Waals surface area contributed by atoms with Gasteiger partial charge in [0.2, 0.25) is 6.29 Å². The second-order valence-electron chi connectivity index (χ2n) is 7.23. The van der Waals surface area contributed by atoms with E-state index in [1.165, 1.54) is 55.5 Å². The molecule has 1 aliphatic heterocycles. The van der Waals surface area contributed by atoms with E-state index in [9.17, 15) is 29.3 Å². The molecule has 1 saturated heterocycles. The minimum Gasteiger partial charge on any atom is -0.462 e. The molecule has 2 aromatic rings. The Morgan fingerprint density at radius 3 is 2.44 bits per heavy atom. The molecule has 9 heteroatoms. The minimum absolute atomic E-state index is 0.127. The fraction of sp³-hybridized carbons (Fsp3) is 0.304. The van der Waals surface area contributed by atoms with Crippen LogP contribution in [0.1, 0.15) is 22.8 Å². The van der Waals surface area contributed by atoms with Crippen molar-refractivity contribution in [1.29, 1.82) is 0 Å². The number of hydrogen-bond acceptors (Lipinski definition) is 8. The Bertz CT molecular complexity index is 974. The van der Waals surface area contributed by atoms with Gasteiger partial charge in [0, 0.05) is 11.6 Å². The molecule has 0 bridgehead atoms. The maximum Gasteiger partial charge on any atom is 0.330 e. The van der Waals surface area contributed by atoms with Crippen LogP contribution in [0.3, 0.4) is 0 Å². The van der Waals surface area contributed by atoms with Gasteiger partial charge in [-0.05, 0) is 55.0 Å². The van der Waals surface area contributed by atoms with E-state index in [2.05, 4.69) is 0 Å². The summed E-state index contributed by atoms with van der Waals surface area (Å²) in [5, 5.41) is 30.5. The summed E-state index contributed by atoms with van der Waals surface area (Å²) in [6.07, 6.45) is -4.82. The van der Waals surface area contributed by atoms with Crippen molar-refractivity contribution in [2.24, 2.45) is 0 Å². The molecule has 1 heterocycles. The molecule has 0 aromatic heterocycles. The van der Waals surface area contributed by atoms with Gasteiger partial charge in [-0.3, -0.25) is 4.79 Å². The Kier molecular flexibility index (Phi) is 7.70. The quantitative estimate of drug-likeness (QED) is 0.332. The Morgan fingerprint density at radius 2 is 1.78 bits per heavy atom. The lowest BCUT2D eigenvalue weighted by Crippen LogP contribution is -2.60. The first kappa shape index (κ1) is 23.6. The second-order valence-corrected chi connectivity index (χ2v) is 7.23. The number of hydrogen-bond donors (Lipinski definition) is 3. The molecule has 5 atom stereocenters. The number of ether oxygens (including phenoxy) is 3. The van der Waals surface area contributed by atoms with Gasteiger partial charge in [0.05, 0.1) is 0 Å². The van der Waals surface area contributed by atoms with Crippen LogP contribution in [0.25, 0.3) is 6.08 Å². The average Bonchev–Trinajstić information content (AvgIpc) is 2.77. The lowest BCUT2D eigenvalue weighted by Gasteiger charge is -2.39. The van der Waals surface area contributed by atoms with Gasteiger partial charge in [0.25, 0.3) is 0 Å². The van der Waals surface area contributed by atoms with Crippen molar-refractivity contribution in [3.8, 4) is 5.75 Å². The first-order valence-corrected chi connectivity index (χ1v) is 9.82. The predicted molar refractivity (Wildman–Crippen MR) is 110 cm³/mol. The first-order chi connectivity index (χ1) is 15.2. The summed E-state index contributed by atoms with van der Waals surface area (Å²) >= 11 is 0. The second kappa shape index (κ2) is 10.5. The molecule has 0 spiro atoms. The number of carbonyl (C=O) groups excluding carboxylic acids is 2.